The van der Waals surface area contributed by atoms with Crippen LogP contribution in [0.3, 0.4) is 0 Å². The van der Waals surface area contributed by atoms with Gasteiger partial charge < -0.3 is 4.52 Å². The van der Waals surface area contributed by atoms with Crippen LogP contribution < -0.4 is 0 Å². The van der Waals surface area contributed by atoms with Gasteiger partial charge in [0.15, 0.2) is 0 Å². The Labute approximate surface area is 71.1 Å². The first kappa shape index (κ1) is 8.39. The Kier molecular flexibility index (Phi) is 3.55. The molecule has 10 heavy (non-hydrogen) atoms. The van der Waals surface area contributed by atoms with Crippen molar-refractivity contribution in [1.82, 2.24) is 0 Å². The Hall–Kier alpha value is 0.290. The summed E-state index contributed by atoms with van der Waals surface area (Å²) in [5.74, 6) is 0.794. The van der Waals surface area contributed by atoms with Crippen LogP contribution in [0.25, 0.3) is 0 Å². The molecular formula is C6H7Cl2OP. The number of rotatable bonds is 2. The first-order valence-corrected chi connectivity index (χ1v) is 6.02. The lowest BCUT2D eigenvalue weighted by molar-refractivity contribution is 0.505. The van der Waals surface area contributed by atoms with Gasteiger partial charge in [-0.05, 0) is 47.5 Å². The quantitative estimate of drug-likeness (QED) is 0.609. The second-order valence-corrected chi connectivity index (χ2v) is 4.83. The van der Waals surface area contributed by atoms with Crippen molar-refractivity contribution in [3.05, 3.63) is 24.0 Å². The molecule has 0 saturated carbocycles. The largest absolute Gasteiger partial charge is 0.445 e. The minimum absolute atomic E-state index is 0.794. The van der Waals surface area contributed by atoms with E-state index in [1.807, 2.05) is 18.2 Å². The Bertz CT molecular complexity index is 165. The van der Waals surface area contributed by atoms with Gasteiger partial charge in [0.1, 0.15) is 5.76 Å². The van der Waals surface area contributed by atoms with Crippen molar-refractivity contribution in [2.24, 2.45) is 0 Å². The lowest BCUT2D eigenvalue weighted by atomic mass is 10.2. The van der Waals surface area contributed by atoms with Crippen LogP contribution in [0.1, 0.15) is 12.8 Å². The van der Waals surface area contributed by atoms with E-state index < -0.39 is 6.85 Å². The smallest absolute Gasteiger partial charge is 0.284 e. The molecule has 1 nitrogen and oxygen atoms in total. The molecule has 0 atom stereocenters. The van der Waals surface area contributed by atoms with Crippen molar-refractivity contribution in [3.63, 3.8) is 0 Å². The number of allylic oxidation sites excluding steroid dienone is 3. The van der Waals surface area contributed by atoms with Crippen LogP contribution in [0.2, 0.25) is 0 Å². The average Bonchev–Trinajstić information content (AvgIpc) is 1.88. The molecule has 0 aromatic carbocycles. The molecule has 0 aliphatic heterocycles. The fraction of sp³-hybridized carbons (Fsp3) is 0.333. The SMILES string of the molecule is ClP(Cl)OC1=CCCC=C1. The summed E-state index contributed by atoms with van der Waals surface area (Å²) in [4.78, 5) is 0. The molecule has 1 aliphatic carbocycles. The lowest BCUT2D eigenvalue weighted by Gasteiger charge is -2.07. The highest BCUT2D eigenvalue weighted by atomic mass is 35.9. The summed E-state index contributed by atoms with van der Waals surface area (Å²) in [6.07, 6.45) is 8.02. The first-order chi connectivity index (χ1) is 4.79. The highest BCUT2D eigenvalue weighted by Crippen LogP contribution is 2.50. The minimum atomic E-state index is -1.30. The highest BCUT2D eigenvalue weighted by Gasteiger charge is 2.03. The van der Waals surface area contributed by atoms with Crippen LogP contribution >= 0.6 is 29.3 Å². The van der Waals surface area contributed by atoms with Gasteiger partial charge >= 0.3 is 0 Å². The Balaban J connectivity index is 2.40. The van der Waals surface area contributed by atoms with Crippen LogP contribution in [0.15, 0.2) is 24.0 Å². The van der Waals surface area contributed by atoms with Gasteiger partial charge in [0.2, 0.25) is 0 Å². The number of hydrogen-bond donors (Lipinski definition) is 0. The average molecular weight is 197 g/mol. The van der Waals surface area contributed by atoms with E-state index in [9.17, 15) is 0 Å². The standard InChI is InChI=1S/C6H7Cl2OP/c7-10(8)9-6-4-2-1-3-5-6/h2,4-5H,1,3H2. The summed E-state index contributed by atoms with van der Waals surface area (Å²) in [5.41, 5.74) is 0. The van der Waals surface area contributed by atoms with Gasteiger partial charge in [0, 0.05) is 0 Å². The van der Waals surface area contributed by atoms with E-state index in [2.05, 4.69) is 0 Å². The molecule has 0 aromatic rings. The molecule has 0 saturated heterocycles. The summed E-state index contributed by atoms with van der Waals surface area (Å²) in [6.45, 7) is -1.30. The lowest BCUT2D eigenvalue weighted by Crippen LogP contribution is -1.83. The molecule has 0 aromatic heterocycles. The molecule has 0 N–H and O–H groups in total. The normalized spacial score (nSPS) is 17.3. The van der Waals surface area contributed by atoms with Crippen molar-refractivity contribution >= 4 is 29.3 Å². The maximum absolute atomic E-state index is 5.44. The third kappa shape index (κ3) is 2.92. The second kappa shape index (κ2) is 4.23. The van der Waals surface area contributed by atoms with Crippen LogP contribution in [-0.4, -0.2) is 0 Å². The van der Waals surface area contributed by atoms with Gasteiger partial charge in [-0.2, -0.15) is 0 Å². The van der Waals surface area contributed by atoms with E-state index in [1.165, 1.54) is 0 Å². The van der Waals surface area contributed by atoms with Crippen LogP contribution in [0.4, 0.5) is 0 Å². The van der Waals surface area contributed by atoms with E-state index in [0.717, 1.165) is 18.6 Å². The molecule has 1 aliphatic rings. The molecule has 0 bridgehead atoms. The highest BCUT2D eigenvalue weighted by molar-refractivity contribution is 8.00. The maximum atomic E-state index is 5.44. The predicted octanol–water partition coefficient (Wildman–Crippen LogP) is 3.94. The maximum Gasteiger partial charge on any atom is 0.284 e. The molecule has 0 heterocycles. The van der Waals surface area contributed by atoms with Crippen molar-refractivity contribution in [3.8, 4) is 0 Å². The fourth-order valence-electron chi connectivity index (χ4n) is 0.737. The van der Waals surface area contributed by atoms with Gasteiger partial charge in [-0.1, -0.05) is 6.08 Å². The zero-order valence-electron chi connectivity index (χ0n) is 5.26. The van der Waals surface area contributed by atoms with E-state index in [0.29, 0.717) is 0 Å². The molecule has 0 fully saturated rings. The third-order valence-corrected chi connectivity index (χ3v) is 1.90. The van der Waals surface area contributed by atoms with E-state index in [-0.39, 0.29) is 0 Å². The predicted molar refractivity (Wildman–Crippen MR) is 46.2 cm³/mol. The molecule has 4 heteroatoms. The Morgan fingerprint density at radius 2 is 2.20 bits per heavy atom. The minimum Gasteiger partial charge on any atom is -0.445 e. The van der Waals surface area contributed by atoms with Gasteiger partial charge in [0.05, 0.1) is 0 Å². The summed E-state index contributed by atoms with van der Waals surface area (Å²) >= 11 is 10.9. The monoisotopic (exact) mass is 196 g/mol. The molecule has 0 unspecified atom stereocenters. The summed E-state index contributed by atoms with van der Waals surface area (Å²) in [7, 11) is 0. The number of halogens is 2. The Morgan fingerprint density at radius 3 is 2.70 bits per heavy atom. The van der Waals surface area contributed by atoms with Gasteiger partial charge in [0.25, 0.3) is 6.85 Å². The molecule has 1 rings (SSSR count). The van der Waals surface area contributed by atoms with Crippen LogP contribution in [0, 0.1) is 0 Å². The van der Waals surface area contributed by atoms with E-state index in [1.54, 1.807) is 0 Å². The van der Waals surface area contributed by atoms with Crippen LogP contribution in [-0.2, 0) is 4.52 Å². The third-order valence-electron chi connectivity index (χ3n) is 1.14. The zero-order valence-corrected chi connectivity index (χ0v) is 7.66. The molecule has 56 valence electrons. The van der Waals surface area contributed by atoms with E-state index in [4.69, 9.17) is 27.0 Å². The topological polar surface area (TPSA) is 9.23 Å². The summed E-state index contributed by atoms with van der Waals surface area (Å²) in [6, 6.07) is 0. The van der Waals surface area contributed by atoms with Gasteiger partial charge in [-0.3, -0.25) is 0 Å². The molecule has 0 amide bonds. The summed E-state index contributed by atoms with van der Waals surface area (Å²) in [5, 5.41) is 0. The van der Waals surface area contributed by atoms with E-state index >= 15 is 0 Å². The van der Waals surface area contributed by atoms with Gasteiger partial charge in [-0.15, -0.1) is 0 Å². The van der Waals surface area contributed by atoms with Crippen molar-refractivity contribution in [1.29, 1.82) is 0 Å². The molecule has 0 spiro atoms. The fourth-order valence-corrected chi connectivity index (χ4v) is 1.51. The second-order valence-electron chi connectivity index (χ2n) is 1.88. The number of hydrogen-bond acceptors (Lipinski definition) is 1. The van der Waals surface area contributed by atoms with Crippen molar-refractivity contribution in [2.45, 2.75) is 12.8 Å². The van der Waals surface area contributed by atoms with Gasteiger partial charge in [-0.25, -0.2) is 0 Å². The zero-order chi connectivity index (χ0) is 7.40. The van der Waals surface area contributed by atoms with Crippen molar-refractivity contribution in [2.75, 3.05) is 0 Å². The van der Waals surface area contributed by atoms with Crippen molar-refractivity contribution < 1.29 is 4.52 Å². The molecule has 0 radical (unpaired) electrons. The van der Waals surface area contributed by atoms with Crippen LogP contribution in [0.5, 0.6) is 0 Å². The first-order valence-electron chi connectivity index (χ1n) is 2.95. The summed E-state index contributed by atoms with van der Waals surface area (Å²) < 4.78 is 5.06. The Morgan fingerprint density at radius 1 is 1.40 bits per heavy atom. The molecular weight excluding hydrogens is 190 g/mol.